The van der Waals surface area contributed by atoms with E-state index in [1.807, 2.05) is 20.8 Å². The largest absolute Gasteiger partial charge is 0.481 e. The molecule has 0 bridgehead atoms. The molecular weight excluding hydrogens is 340 g/mol. The molecule has 1 N–H and O–H groups in total. The lowest BCUT2D eigenvalue weighted by Gasteiger charge is -2.30. The number of nitrogens with zero attached hydrogens (tertiary/aromatic N) is 2. The van der Waals surface area contributed by atoms with E-state index < -0.39 is 17.4 Å². The van der Waals surface area contributed by atoms with Gasteiger partial charge in [0.15, 0.2) is 0 Å². The number of carboxylic acid groups (broad SMARTS) is 1. The Labute approximate surface area is 153 Å². The van der Waals surface area contributed by atoms with E-state index in [9.17, 15) is 19.5 Å². The Morgan fingerprint density at radius 3 is 2.60 bits per heavy atom. The van der Waals surface area contributed by atoms with Crippen LogP contribution in [0.15, 0.2) is 0 Å². The molecule has 6 nitrogen and oxygen atoms in total. The second-order valence-corrected chi connectivity index (χ2v) is 9.89. The van der Waals surface area contributed by atoms with Gasteiger partial charge in [0.1, 0.15) is 6.04 Å². The van der Waals surface area contributed by atoms with Crippen molar-refractivity contribution in [3.63, 3.8) is 0 Å². The van der Waals surface area contributed by atoms with Gasteiger partial charge in [-0.05, 0) is 24.2 Å². The van der Waals surface area contributed by atoms with Crippen molar-refractivity contribution in [1.29, 1.82) is 0 Å². The molecule has 2 amide bonds. The van der Waals surface area contributed by atoms with Crippen LogP contribution in [0.3, 0.4) is 0 Å². The van der Waals surface area contributed by atoms with Gasteiger partial charge in [0.05, 0.1) is 11.3 Å². The first-order chi connectivity index (χ1) is 11.6. The second kappa shape index (κ2) is 6.49. The number of carbonyl (C=O) groups excluding carboxylic acids is 2. The monoisotopic (exact) mass is 368 g/mol. The lowest BCUT2D eigenvalue weighted by molar-refractivity contribution is -0.150. The third-order valence-electron chi connectivity index (χ3n) is 5.78. The molecule has 7 heteroatoms. The summed E-state index contributed by atoms with van der Waals surface area (Å²) in [6.07, 6.45) is 2.87. The van der Waals surface area contributed by atoms with Crippen LogP contribution < -0.4 is 0 Å². The van der Waals surface area contributed by atoms with Crippen molar-refractivity contribution in [2.45, 2.75) is 52.5 Å². The summed E-state index contributed by atoms with van der Waals surface area (Å²) in [6, 6.07) is -0.440. The predicted octanol–water partition coefficient (Wildman–Crippen LogP) is 2.04. The summed E-state index contributed by atoms with van der Waals surface area (Å²) >= 11 is 1.60. The minimum atomic E-state index is -0.772. The molecule has 3 rings (SSSR count). The van der Waals surface area contributed by atoms with Crippen molar-refractivity contribution in [2.24, 2.45) is 16.7 Å². The molecule has 1 saturated carbocycles. The maximum atomic E-state index is 13.0. The minimum absolute atomic E-state index is 0.0168. The fraction of sp³-hybridized carbons (Fsp3) is 0.833. The number of fused-ring (bicyclic) bond motifs is 1. The topological polar surface area (TPSA) is 77.9 Å². The standard InChI is InChI=1S/C18H28N2O4S/c1-17(2,3)7-14(21)20-11-25-9-13(20)15(22)19-8-12-5-4-6-18(12,10-19)16(23)24/h12-13H,4-11H2,1-3H3,(H,23,24)/t12-,13?,18+/m0/s1. The van der Waals surface area contributed by atoms with Gasteiger partial charge >= 0.3 is 5.97 Å². The third-order valence-corrected chi connectivity index (χ3v) is 6.79. The van der Waals surface area contributed by atoms with Crippen LogP contribution in [0, 0.1) is 16.7 Å². The first kappa shape index (κ1) is 18.5. The predicted molar refractivity (Wildman–Crippen MR) is 96.0 cm³/mol. The van der Waals surface area contributed by atoms with Crippen molar-refractivity contribution >= 4 is 29.5 Å². The lowest BCUT2D eigenvalue weighted by atomic mass is 9.81. The van der Waals surface area contributed by atoms with Crippen LogP contribution in [-0.2, 0) is 14.4 Å². The van der Waals surface area contributed by atoms with E-state index >= 15 is 0 Å². The van der Waals surface area contributed by atoms with Crippen LogP contribution in [0.5, 0.6) is 0 Å². The normalized spacial score (nSPS) is 32.1. The number of hydrogen-bond donors (Lipinski definition) is 1. The smallest absolute Gasteiger partial charge is 0.311 e. The van der Waals surface area contributed by atoms with Crippen LogP contribution >= 0.6 is 11.8 Å². The Hall–Kier alpha value is -1.24. The zero-order valence-corrected chi connectivity index (χ0v) is 16.1. The number of carbonyl (C=O) groups is 3. The maximum Gasteiger partial charge on any atom is 0.311 e. The molecule has 2 heterocycles. The molecular formula is C18H28N2O4S. The first-order valence-electron chi connectivity index (χ1n) is 9.03. The molecule has 1 aliphatic carbocycles. The molecule has 2 saturated heterocycles. The van der Waals surface area contributed by atoms with Gasteiger partial charge in [-0.2, -0.15) is 0 Å². The zero-order valence-electron chi connectivity index (χ0n) is 15.3. The second-order valence-electron chi connectivity index (χ2n) is 8.89. The maximum absolute atomic E-state index is 13.0. The molecule has 140 valence electrons. The van der Waals surface area contributed by atoms with Crippen molar-refractivity contribution < 1.29 is 19.5 Å². The van der Waals surface area contributed by atoms with Gasteiger partial charge in [-0.15, -0.1) is 11.8 Å². The van der Waals surface area contributed by atoms with E-state index in [2.05, 4.69) is 0 Å². The first-order valence-corrected chi connectivity index (χ1v) is 10.2. The Kier molecular flexibility index (Phi) is 4.81. The third kappa shape index (κ3) is 3.39. The van der Waals surface area contributed by atoms with Crippen molar-refractivity contribution in [2.75, 3.05) is 24.7 Å². The Bertz CT molecular complexity index is 588. The molecule has 2 aliphatic heterocycles. The number of carboxylic acids is 1. The molecule has 0 radical (unpaired) electrons. The average molecular weight is 368 g/mol. The number of hydrogen-bond acceptors (Lipinski definition) is 4. The summed E-state index contributed by atoms with van der Waals surface area (Å²) in [4.78, 5) is 40.9. The summed E-state index contributed by atoms with van der Waals surface area (Å²) in [7, 11) is 0. The van der Waals surface area contributed by atoms with E-state index in [-0.39, 0.29) is 23.1 Å². The van der Waals surface area contributed by atoms with Crippen LogP contribution in [0.4, 0.5) is 0 Å². The van der Waals surface area contributed by atoms with Gasteiger partial charge in [-0.1, -0.05) is 27.2 Å². The van der Waals surface area contributed by atoms with Crippen LogP contribution in [0.25, 0.3) is 0 Å². The molecule has 0 aromatic carbocycles. The van der Waals surface area contributed by atoms with E-state index in [1.54, 1.807) is 21.6 Å². The highest BCUT2D eigenvalue weighted by atomic mass is 32.2. The number of likely N-dealkylation sites (tertiary alicyclic amines) is 1. The van der Waals surface area contributed by atoms with Crippen LogP contribution in [-0.4, -0.2) is 63.5 Å². The quantitative estimate of drug-likeness (QED) is 0.825. The number of rotatable bonds is 3. The van der Waals surface area contributed by atoms with Crippen LogP contribution in [0.1, 0.15) is 46.5 Å². The van der Waals surface area contributed by atoms with Gasteiger partial charge in [-0.3, -0.25) is 14.4 Å². The van der Waals surface area contributed by atoms with Crippen molar-refractivity contribution in [1.82, 2.24) is 9.80 Å². The van der Waals surface area contributed by atoms with Crippen molar-refractivity contribution in [3.05, 3.63) is 0 Å². The van der Waals surface area contributed by atoms with Gasteiger partial charge < -0.3 is 14.9 Å². The number of aliphatic carboxylic acids is 1. The molecule has 3 aliphatic rings. The number of amides is 2. The molecule has 3 atom stereocenters. The van der Waals surface area contributed by atoms with Crippen molar-refractivity contribution in [3.8, 4) is 0 Å². The molecule has 0 aromatic rings. The average Bonchev–Trinajstić information content (AvgIpc) is 3.18. The summed E-state index contributed by atoms with van der Waals surface area (Å²) in [5.41, 5.74) is -0.877. The van der Waals surface area contributed by atoms with Gasteiger partial charge in [0.2, 0.25) is 11.8 Å². The van der Waals surface area contributed by atoms with Crippen LogP contribution in [0.2, 0.25) is 0 Å². The summed E-state index contributed by atoms with van der Waals surface area (Å²) in [6.45, 7) is 6.87. The van der Waals surface area contributed by atoms with E-state index in [4.69, 9.17) is 0 Å². The summed E-state index contributed by atoms with van der Waals surface area (Å²) in [5, 5.41) is 9.70. The highest BCUT2D eigenvalue weighted by Gasteiger charge is 2.56. The Morgan fingerprint density at radius 2 is 2.00 bits per heavy atom. The lowest BCUT2D eigenvalue weighted by Crippen LogP contribution is -2.49. The van der Waals surface area contributed by atoms with E-state index in [0.717, 1.165) is 12.8 Å². The SMILES string of the molecule is CC(C)(C)CC(=O)N1CSCC1C(=O)N1C[C@@H]2CCC[C@@]2(C(=O)O)C1. The highest BCUT2D eigenvalue weighted by molar-refractivity contribution is 7.99. The Balaban J connectivity index is 1.71. The number of thioether (sulfide) groups is 1. The highest BCUT2D eigenvalue weighted by Crippen LogP contribution is 2.49. The fourth-order valence-corrected chi connectivity index (χ4v) is 5.64. The van der Waals surface area contributed by atoms with Gasteiger partial charge in [0.25, 0.3) is 0 Å². The summed E-state index contributed by atoms with van der Waals surface area (Å²) < 4.78 is 0. The molecule has 25 heavy (non-hydrogen) atoms. The van der Waals surface area contributed by atoms with Gasteiger partial charge in [-0.25, -0.2) is 0 Å². The van der Waals surface area contributed by atoms with Gasteiger partial charge in [0, 0.05) is 25.3 Å². The molecule has 0 aromatic heterocycles. The molecule has 0 spiro atoms. The van der Waals surface area contributed by atoms with E-state index in [1.165, 1.54) is 0 Å². The zero-order chi connectivity index (χ0) is 18.4. The summed E-state index contributed by atoms with van der Waals surface area (Å²) in [5.74, 6) is 0.391. The van der Waals surface area contributed by atoms with E-state index in [0.29, 0.717) is 37.6 Å². The fourth-order valence-electron chi connectivity index (χ4n) is 4.47. The molecule has 1 unspecified atom stereocenters. The Morgan fingerprint density at radius 1 is 1.28 bits per heavy atom. The molecule has 3 fully saturated rings. The minimum Gasteiger partial charge on any atom is -0.481 e.